The fourth-order valence-electron chi connectivity index (χ4n) is 1.80. The van der Waals surface area contributed by atoms with Crippen molar-refractivity contribution in [3.8, 4) is 0 Å². The van der Waals surface area contributed by atoms with Crippen molar-refractivity contribution >= 4 is 0 Å². The summed E-state index contributed by atoms with van der Waals surface area (Å²) in [6.45, 7) is 2.36. The van der Waals surface area contributed by atoms with E-state index >= 15 is 0 Å². The van der Waals surface area contributed by atoms with E-state index in [2.05, 4.69) is 10.6 Å². The molecule has 1 aromatic carbocycles. The molecule has 1 heterocycles. The fraction of sp³-hybridized carbons (Fsp3) is 0.455. The van der Waals surface area contributed by atoms with Crippen LogP contribution < -0.4 is 10.6 Å². The average Bonchev–Trinajstić information content (AvgIpc) is 2.19. The molecule has 1 aliphatic heterocycles. The molecule has 2 rings (SSSR count). The van der Waals surface area contributed by atoms with E-state index in [4.69, 9.17) is 0 Å². The zero-order valence-electron chi connectivity index (χ0n) is 8.16. The molecule has 0 spiro atoms. The Labute approximate surface area is 84.1 Å². The Kier molecular flexibility index (Phi) is 2.82. The van der Waals surface area contributed by atoms with Gasteiger partial charge in [-0.05, 0) is 5.56 Å². The van der Waals surface area contributed by atoms with Crippen molar-refractivity contribution < 1.29 is 5.11 Å². The lowest BCUT2D eigenvalue weighted by molar-refractivity contribution is -0.00579. The van der Waals surface area contributed by atoms with Crippen molar-refractivity contribution in [1.82, 2.24) is 10.6 Å². The zero-order chi connectivity index (χ0) is 9.86. The third-order valence-corrected chi connectivity index (χ3v) is 2.51. The molecule has 0 aromatic heterocycles. The van der Waals surface area contributed by atoms with Crippen molar-refractivity contribution in [2.24, 2.45) is 0 Å². The van der Waals surface area contributed by atoms with E-state index in [9.17, 15) is 5.11 Å². The van der Waals surface area contributed by atoms with Gasteiger partial charge in [0.05, 0.1) is 0 Å². The maximum Gasteiger partial charge on any atom is 0.132 e. The summed E-state index contributed by atoms with van der Waals surface area (Å²) in [5, 5.41) is 16.5. The first-order valence-electron chi connectivity index (χ1n) is 5.01. The van der Waals surface area contributed by atoms with E-state index in [0.717, 1.165) is 18.7 Å². The number of aliphatic hydroxyl groups is 1. The van der Waals surface area contributed by atoms with Crippen LogP contribution in [0.25, 0.3) is 0 Å². The van der Waals surface area contributed by atoms with Crippen LogP contribution in [-0.2, 0) is 6.42 Å². The van der Waals surface area contributed by atoms with Crippen LogP contribution >= 0.6 is 0 Å². The number of hydrogen-bond acceptors (Lipinski definition) is 3. The Hall–Kier alpha value is -0.900. The first-order chi connectivity index (χ1) is 6.79. The second kappa shape index (κ2) is 4.09. The van der Waals surface area contributed by atoms with Crippen LogP contribution in [0.15, 0.2) is 30.3 Å². The van der Waals surface area contributed by atoms with E-state index in [-0.39, 0.29) is 0 Å². The Morgan fingerprint density at radius 1 is 1.21 bits per heavy atom. The van der Waals surface area contributed by atoms with Gasteiger partial charge in [0.25, 0.3) is 0 Å². The predicted molar refractivity (Wildman–Crippen MR) is 56.0 cm³/mol. The fourth-order valence-corrected chi connectivity index (χ4v) is 1.80. The summed E-state index contributed by atoms with van der Waals surface area (Å²) >= 11 is 0. The van der Waals surface area contributed by atoms with Crippen LogP contribution in [0.4, 0.5) is 0 Å². The van der Waals surface area contributed by atoms with Crippen LogP contribution in [0.2, 0.25) is 0 Å². The van der Waals surface area contributed by atoms with Crippen LogP contribution in [-0.4, -0.2) is 30.5 Å². The molecular formula is C11H16N2O. The molecule has 0 radical (unpaired) electrons. The van der Waals surface area contributed by atoms with Crippen LogP contribution in [0.1, 0.15) is 5.56 Å². The number of benzene rings is 1. The van der Waals surface area contributed by atoms with Gasteiger partial charge in [-0.1, -0.05) is 30.3 Å². The third kappa shape index (κ3) is 2.32. The SMILES string of the molecule is OC1(Cc2ccccc2)CNCCN1. The van der Waals surface area contributed by atoms with E-state index < -0.39 is 5.72 Å². The van der Waals surface area contributed by atoms with Crippen LogP contribution in [0.5, 0.6) is 0 Å². The quantitative estimate of drug-likeness (QED) is 0.623. The van der Waals surface area contributed by atoms with Gasteiger partial charge in [0, 0.05) is 26.1 Å². The molecule has 76 valence electrons. The summed E-state index contributed by atoms with van der Waals surface area (Å²) in [5.41, 5.74) is 0.380. The summed E-state index contributed by atoms with van der Waals surface area (Å²) in [7, 11) is 0. The molecule has 1 unspecified atom stereocenters. The molecule has 3 N–H and O–H groups in total. The maximum absolute atomic E-state index is 10.2. The van der Waals surface area contributed by atoms with Gasteiger partial charge in [-0.3, -0.25) is 5.32 Å². The minimum Gasteiger partial charge on any atom is -0.374 e. The van der Waals surface area contributed by atoms with Crippen molar-refractivity contribution in [2.45, 2.75) is 12.1 Å². The number of hydrogen-bond donors (Lipinski definition) is 3. The molecule has 0 saturated carbocycles. The molecule has 1 saturated heterocycles. The monoisotopic (exact) mass is 192 g/mol. The number of rotatable bonds is 2. The molecule has 1 atom stereocenters. The Morgan fingerprint density at radius 3 is 2.64 bits per heavy atom. The third-order valence-electron chi connectivity index (χ3n) is 2.51. The largest absolute Gasteiger partial charge is 0.374 e. The van der Waals surface area contributed by atoms with E-state index in [0.29, 0.717) is 13.0 Å². The van der Waals surface area contributed by atoms with E-state index in [1.165, 1.54) is 0 Å². The van der Waals surface area contributed by atoms with Crippen molar-refractivity contribution in [3.05, 3.63) is 35.9 Å². The molecule has 0 amide bonds. The summed E-state index contributed by atoms with van der Waals surface area (Å²) in [5.74, 6) is 0. The molecule has 14 heavy (non-hydrogen) atoms. The number of piperazine rings is 1. The lowest BCUT2D eigenvalue weighted by atomic mass is 10.0. The Morgan fingerprint density at radius 2 is 2.00 bits per heavy atom. The first-order valence-corrected chi connectivity index (χ1v) is 5.01. The summed E-state index contributed by atoms with van der Waals surface area (Å²) in [6, 6.07) is 10.0. The highest BCUT2D eigenvalue weighted by Crippen LogP contribution is 2.11. The Balaban J connectivity index is 2.02. The minimum atomic E-state index is -0.778. The molecule has 0 bridgehead atoms. The second-order valence-electron chi connectivity index (χ2n) is 3.80. The van der Waals surface area contributed by atoms with E-state index in [1.54, 1.807) is 0 Å². The highest BCUT2D eigenvalue weighted by Gasteiger charge is 2.28. The molecule has 3 heteroatoms. The van der Waals surface area contributed by atoms with Crippen molar-refractivity contribution in [3.63, 3.8) is 0 Å². The summed E-state index contributed by atoms with van der Waals surface area (Å²) in [4.78, 5) is 0. The number of β-amino-alcohol motifs (C(OH)–C–C–N with tert-alkyl or cyclic N) is 1. The molecule has 1 aliphatic rings. The van der Waals surface area contributed by atoms with Crippen molar-refractivity contribution in [1.29, 1.82) is 0 Å². The topological polar surface area (TPSA) is 44.3 Å². The standard InChI is InChI=1S/C11H16N2O/c14-11(9-12-6-7-13-11)8-10-4-2-1-3-5-10/h1-5,12-14H,6-9H2. The second-order valence-corrected chi connectivity index (χ2v) is 3.80. The smallest absolute Gasteiger partial charge is 0.132 e. The normalized spacial score (nSPS) is 27.5. The summed E-state index contributed by atoms with van der Waals surface area (Å²) < 4.78 is 0. The molecule has 1 fully saturated rings. The van der Waals surface area contributed by atoms with Gasteiger partial charge in [0.1, 0.15) is 5.72 Å². The molecular weight excluding hydrogens is 176 g/mol. The van der Waals surface area contributed by atoms with Gasteiger partial charge in [-0.2, -0.15) is 0 Å². The van der Waals surface area contributed by atoms with E-state index in [1.807, 2.05) is 30.3 Å². The van der Waals surface area contributed by atoms with Gasteiger partial charge >= 0.3 is 0 Å². The highest BCUT2D eigenvalue weighted by molar-refractivity contribution is 5.17. The van der Waals surface area contributed by atoms with Crippen LogP contribution in [0, 0.1) is 0 Å². The first kappa shape index (κ1) is 9.65. The van der Waals surface area contributed by atoms with Crippen LogP contribution in [0.3, 0.4) is 0 Å². The molecule has 3 nitrogen and oxygen atoms in total. The van der Waals surface area contributed by atoms with Gasteiger partial charge in [0.2, 0.25) is 0 Å². The van der Waals surface area contributed by atoms with Crippen molar-refractivity contribution in [2.75, 3.05) is 19.6 Å². The van der Waals surface area contributed by atoms with Gasteiger partial charge in [-0.15, -0.1) is 0 Å². The minimum absolute atomic E-state index is 0.613. The predicted octanol–water partition coefficient (Wildman–Crippen LogP) is 0.110. The van der Waals surface area contributed by atoms with Gasteiger partial charge in [-0.25, -0.2) is 0 Å². The van der Waals surface area contributed by atoms with Gasteiger partial charge in [0.15, 0.2) is 0 Å². The molecule has 1 aromatic rings. The summed E-state index contributed by atoms with van der Waals surface area (Å²) in [6.07, 6.45) is 0.654. The zero-order valence-corrected chi connectivity index (χ0v) is 8.16. The molecule has 0 aliphatic carbocycles. The lowest BCUT2D eigenvalue weighted by Crippen LogP contribution is -2.60. The lowest BCUT2D eigenvalue weighted by Gasteiger charge is -2.34. The average molecular weight is 192 g/mol. The number of nitrogens with one attached hydrogen (secondary N) is 2. The highest BCUT2D eigenvalue weighted by atomic mass is 16.3. The maximum atomic E-state index is 10.2. The van der Waals surface area contributed by atoms with Gasteiger partial charge < -0.3 is 10.4 Å². The Bertz CT molecular complexity index is 281.